The van der Waals surface area contributed by atoms with Crippen LogP contribution in [0.25, 0.3) is 5.69 Å². The number of tetrazole rings is 1. The lowest BCUT2D eigenvalue weighted by Crippen LogP contribution is -2.16. The van der Waals surface area contributed by atoms with Gasteiger partial charge in [-0.1, -0.05) is 36.0 Å². The van der Waals surface area contributed by atoms with E-state index in [1.165, 1.54) is 11.8 Å². The highest BCUT2D eigenvalue weighted by atomic mass is 32.2. The molecule has 3 aromatic rings. The van der Waals surface area contributed by atoms with Crippen LogP contribution in [0.5, 0.6) is 5.75 Å². The molecule has 1 amide bonds. The van der Waals surface area contributed by atoms with Gasteiger partial charge in [0.1, 0.15) is 11.4 Å². The maximum atomic E-state index is 12.4. The molecule has 0 saturated carbocycles. The normalized spacial score (nSPS) is 10.7. The van der Waals surface area contributed by atoms with E-state index in [4.69, 9.17) is 4.74 Å². The number of amides is 1. The Morgan fingerprint density at radius 1 is 1.19 bits per heavy atom. The van der Waals surface area contributed by atoms with Crippen LogP contribution >= 0.6 is 11.8 Å². The minimum atomic E-state index is -0.108. The minimum absolute atomic E-state index is 0.108. The fourth-order valence-electron chi connectivity index (χ4n) is 2.70. The van der Waals surface area contributed by atoms with Crippen LogP contribution in [0.2, 0.25) is 0 Å². The molecule has 0 spiro atoms. The molecule has 3 rings (SSSR count). The number of nitrogens with one attached hydrogen (secondary N) is 1. The molecule has 140 valence electrons. The van der Waals surface area contributed by atoms with Crippen molar-refractivity contribution in [1.82, 2.24) is 20.2 Å². The van der Waals surface area contributed by atoms with E-state index in [-0.39, 0.29) is 11.7 Å². The number of nitrogens with zero attached hydrogens (tertiary/aromatic N) is 4. The van der Waals surface area contributed by atoms with E-state index in [1.807, 2.05) is 57.2 Å². The molecule has 0 aliphatic rings. The number of carbonyl (C=O) groups excluding carboxylic acids is 1. The van der Waals surface area contributed by atoms with Gasteiger partial charge < -0.3 is 10.1 Å². The summed E-state index contributed by atoms with van der Waals surface area (Å²) < 4.78 is 6.99. The number of carbonyl (C=O) groups is 1. The summed E-state index contributed by atoms with van der Waals surface area (Å²) in [5.41, 5.74) is 4.71. The maximum Gasteiger partial charge on any atom is 0.234 e. The van der Waals surface area contributed by atoms with Gasteiger partial charge in [0, 0.05) is 5.69 Å². The number of para-hydroxylation sites is 1. The van der Waals surface area contributed by atoms with Gasteiger partial charge in [0.05, 0.1) is 12.9 Å². The second-order valence-corrected chi connectivity index (χ2v) is 7.09. The lowest BCUT2D eigenvalue weighted by molar-refractivity contribution is -0.113. The Morgan fingerprint density at radius 3 is 2.63 bits per heavy atom. The van der Waals surface area contributed by atoms with Gasteiger partial charge in [-0.25, -0.2) is 0 Å². The third-order valence-electron chi connectivity index (χ3n) is 4.08. The molecular weight excluding hydrogens is 362 g/mol. The summed E-state index contributed by atoms with van der Waals surface area (Å²) in [6.07, 6.45) is 0. The quantitative estimate of drug-likeness (QED) is 0.658. The summed E-state index contributed by atoms with van der Waals surface area (Å²) in [5, 5.41) is 15.3. The summed E-state index contributed by atoms with van der Waals surface area (Å²) in [5.74, 6) is 0.750. The van der Waals surface area contributed by atoms with Crippen LogP contribution in [0.15, 0.2) is 41.6 Å². The van der Waals surface area contributed by atoms with Gasteiger partial charge in [0.15, 0.2) is 0 Å². The first-order chi connectivity index (χ1) is 13.0. The monoisotopic (exact) mass is 383 g/mol. The number of aryl methyl sites for hydroxylation is 3. The van der Waals surface area contributed by atoms with Gasteiger partial charge in [-0.2, -0.15) is 4.68 Å². The van der Waals surface area contributed by atoms with Gasteiger partial charge in [-0.3, -0.25) is 4.79 Å². The first-order valence-electron chi connectivity index (χ1n) is 8.42. The lowest BCUT2D eigenvalue weighted by Gasteiger charge is -2.12. The van der Waals surface area contributed by atoms with E-state index >= 15 is 0 Å². The topological polar surface area (TPSA) is 81.9 Å². The highest BCUT2D eigenvalue weighted by Gasteiger charge is 2.16. The van der Waals surface area contributed by atoms with E-state index < -0.39 is 0 Å². The standard InChI is InChI=1S/C19H21N5O2S/c1-12-8-9-16(26-4)15(10-12)24-19(21-22-23-24)27-11-17(25)20-18-13(2)6-5-7-14(18)3/h5-10H,11H2,1-4H3,(H,20,25). The minimum Gasteiger partial charge on any atom is -0.494 e. The van der Waals surface area contributed by atoms with Crippen LogP contribution in [-0.2, 0) is 4.79 Å². The predicted molar refractivity (Wildman–Crippen MR) is 106 cm³/mol. The number of thioether (sulfide) groups is 1. The lowest BCUT2D eigenvalue weighted by atomic mass is 10.1. The van der Waals surface area contributed by atoms with Crippen LogP contribution < -0.4 is 10.1 Å². The first kappa shape index (κ1) is 18.9. The predicted octanol–water partition coefficient (Wildman–Crippen LogP) is 3.33. The molecule has 0 unspecified atom stereocenters. The zero-order chi connectivity index (χ0) is 19.4. The van der Waals surface area contributed by atoms with Crippen molar-refractivity contribution >= 4 is 23.4 Å². The number of hydrogen-bond donors (Lipinski definition) is 1. The third kappa shape index (κ3) is 4.28. The molecular formula is C19H21N5O2S. The van der Waals surface area contributed by atoms with E-state index in [1.54, 1.807) is 11.8 Å². The molecule has 0 radical (unpaired) electrons. The van der Waals surface area contributed by atoms with Gasteiger partial charge in [0.2, 0.25) is 11.1 Å². The van der Waals surface area contributed by atoms with Crippen LogP contribution in [-0.4, -0.2) is 39.0 Å². The fraction of sp³-hybridized carbons (Fsp3) is 0.263. The summed E-state index contributed by atoms with van der Waals surface area (Å²) in [6.45, 7) is 5.93. The van der Waals surface area contributed by atoms with Crippen molar-refractivity contribution in [2.75, 3.05) is 18.2 Å². The molecule has 7 nitrogen and oxygen atoms in total. The molecule has 0 saturated heterocycles. The van der Waals surface area contributed by atoms with Crippen LogP contribution in [0.1, 0.15) is 16.7 Å². The van der Waals surface area contributed by atoms with Crippen molar-refractivity contribution in [3.8, 4) is 11.4 Å². The van der Waals surface area contributed by atoms with Crippen LogP contribution in [0.3, 0.4) is 0 Å². The summed E-state index contributed by atoms with van der Waals surface area (Å²) in [7, 11) is 1.60. The highest BCUT2D eigenvalue weighted by molar-refractivity contribution is 7.99. The fourth-order valence-corrected chi connectivity index (χ4v) is 3.39. The van der Waals surface area contributed by atoms with Crippen LogP contribution in [0, 0.1) is 20.8 Å². The van der Waals surface area contributed by atoms with E-state index in [0.717, 1.165) is 28.1 Å². The number of rotatable bonds is 6. The molecule has 1 aromatic heterocycles. The molecule has 27 heavy (non-hydrogen) atoms. The van der Waals surface area contributed by atoms with Gasteiger partial charge >= 0.3 is 0 Å². The smallest absolute Gasteiger partial charge is 0.234 e. The Kier molecular flexibility index (Phi) is 5.75. The van der Waals surface area contributed by atoms with Crippen molar-refractivity contribution in [3.05, 3.63) is 53.1 Å². The molecule has 0 atom stereocenters. The van der Waals surface area contributed by atoms with Gasteiger partial charge in [-0.05, 0) is 60.0 Å². The SMILES string of the molecule is COc1ccc(C)cc1-n1nnnc1SCC(=O)Nc1c(C)cccc1C. The molecule has 0 aliphatic heterocycles. The summed E-state index contributed by atoms with van der Waals surface area (Å²) in [4.78, 5) is 12.4. The van der Waals surface area contributed by atoms with Crippen molar-refractivity contribution in [2.24, 2.45) is 0 Å². The Hall–Kier alpha value is -2.87. The number of hydrogen-bond acceptors (Lipinski definition) is 6. The first-order valence-corrected chi connectivity index (χ1v) is 9.40. The zero-order valence-corrected chi connectivity index (χ0v) is 16.5. The Balaban J connectivity index is 1.74. The third-order valence-corrected chi connectivity index (χ3v) is 5.00. The van der Waals surface area contributed by atoms with Crippen LogP contribution in [0.4, 0.5) is 5.69 Å². The number of methoxy groups -OCH3 is 1. The number of aromatic nitrogens is 4. The van der Waals surface area contributed by atoms with Crippen molar-refractivity contribution in [2.45, 2.75) is 25.9 Å². The summed E-state index contributed by atoms with van der Waals surface area (Å²) >= 11 is 1.27. The highest BCUT2D eigenvalue weighted by Crippen LogP contribution is 2.27. The van der Waals surface area contributed by atoms with Crippen molar-refractivity contribution in [3.63, 3.8) is 0 Å². The number of ether oxygens (including phenoxy) is 1. The Bertz CT molecular complexity index is 950. The molecule has 0 fully saturated rings. The van der Waals surface area contributed by atoms with E-state index in [2.05, 4.69) is 20.8 Å². The molecule has 1 N–H and O–H groups in total. The van der Waals surface area contributed by atoms with Crippen molar-refractivity contribution < 1.29 is 9.53 Å². The van der Waals surface area contributed by atoms with E-state index in [9.17, 15) is 4.79 Å². The van der Waals surface area contributed by atoms with Gasteiger partial charge in [0.25, 0.3) is 0 Å². The molecule has 0 aliphatic carbocycles. The van der Waals surface area contributed by atoms with Gasteiger partial charge in [-0.15, -0.1) is 5.10 Å². The van der Waals surface area contributed by atoms with Crippen molar-refractivity contribution in [1.29, 1.82) is 0 Å². The molecule has 0 bridgehead atoms. The number of benzene rings is 2. The Morgan fingerprint density at radius 2 is 1.93 bits per heavy atom. The second-order valence-electron chi connectivity index (χ2n) is 6.15. The average Bonchev–Trinajstić information content (AvgIpc) is 3.11. The average molecular weight is 383 g/mol. The maximum absolute atomic E-state index is 12.4. The largest absolute Gasteiger partial charge is 0.494 e. The molecule has 2 aromatic carbocycles. The Labute approximate surface area is 162 Å². The summed E-state index contributed by atoms with van der Waals surface area (Å²) in [6, 6.07) is 11.7. The zero-order valence-electron chi connectivity index (χ0n) is 15.7. The number of anilines is 1. The van der Waals surface area contributed by atoms with E-state index in [0.29, 0.717) is 10.9 Å². The second kappa shape index (κ2) is 8.22. The molecule has 1 heterocycles. The molecule has 8 heteroatoms.